The van der Waals surface area contributed by atoms with E-state index >= 15 is 0 Å². The first-order chi connectivity index (χ1) is 13.3. The number of benzene rings is 2. The zero-order chi connectivity index (χ0) is 20.8. The van der Waals surface area contributed by atoms with E-state index < -0.39 is 5.91 Å². The summed E-state index contributed by atoms with van der Waals surface area (Å²) in [6.45, 7) is 4.30. The summed E-state index contributed by atoms with van der Waals surface area (Å²) in [5.74, 6) is 0.677. The summed E-state index contributed by atoms with van der Waals surface area (Å²) >= 11 is 9.00. The smallest absolute Gasteiger partial charge is 0.266 e. The summed E-state index contributed by atoms with van der Waals surface area (Å²) in [4.78, 5) is 12.7. The molecule has 0 saturated carbocycles. The van der Waals surface area contributed by atoms with Crippen molar-refractivity contribution in [1.29, 1.82) is 5.26 Å². The van der Waals surface area contributed by atoms with E-state index in [1.165, 1.54) is 6.08 Å². The number of hydrogen-bond acceptors (Lipinski definition) is 4. The minimum atomic E-state index is -0.503. The SMILES string of the molecule is CCOc1cc(/C=C(\C#N)C(=O)Nc2c(Br)cc(C)cc2Br)cc(I)c1OC. The van der Waals surface area contributed by atoms with E-state index in [4.69, 9.17) is 9.47 Å². The van der Waals surface area contributed by atoms with E-state index in [2.05, 4.69) is 59.8 Å². The average Bonchev–Trinajstić information content (AvgIpc) is 2.62. The Kier molecular flexibility index (Phi) is 8.34. The summed E-state index contributed by atoms with van der Waals surface area (Å²) in [5, 5.41) is 12.3. The number of hydrogen-bond donors (Lipinski definition) is 1. The van der Waals surface area contributed by atoms with E-state index in [-0.39, 0.29) is 5.57 Å². The zero-order valence-corrected chi connectivity index (χ0v) is 20.7. The van der Waals surface area contributed by atoms with Crippen LogP contribution in [0.25, 0.3) is 6.08 Å². The lowest BCUT2D eigenvalue weighted by Crippen LogP contribution is -2.14. The monoisotopic (exact) mass is 618 g/mol. The van der Waals surface area contributed by atoms with Gasteiger partial charge in [0.2, 0.25) is 0 Å². The van der Waals surface area contributed by atoms with Crippen LogP contribution in [0.2, 0.25) is 0 Å². The van der Waals surface area contributed by atoms with Crippen molar-refractivity contribution in [2.45, 2.75) is 13.8 Å². The first-order valence-electron chi connectivity index (χ1n) is 8.19. The van der Waals surface area contributed by atoms with Crippen LogP contribution in [0.1, 0.15) is 18.1 Å². The number of amides is 1. The summed E-state index contributed by atoms with van der Waals surface area (Å²) in [5.41, 5.74) is 2.24. The van der Waals surface area contributed by atoms with Gasteiger partial charge in [-0.05, 0) is 110 Å². The molecule has 2 aromatic carbocycles. The van der Waals surface area contributed by atoms with Gasteiger partial charge in [-0.25, -0.2) is 0 Å². The van der Waals surface area contributed by atoms with Crippen molar-refractivity contribution in [3.05, 3.63) is 53.5 Å². The second-order valence-electron chi connectivity index (χ2n) is 5.69. The third kappa shape index (κ3) is 5.49. The number of carbonyl (C=O) groups is 1. The second-order valence-corrected chi connectivity index (χ2v) is 8.57. The molecule has 0 atom stereocenters. The van der Waals surface area contributed by atoms with Crippen molar-refractivity contribution in [2.24, 2.45) is 0 Å². The topological polar surface area (TPSA) is 71.3 Å². The third-order valence-corrected chi connectivity index (χ3v) is 5.69. The molecule has 0 unspecified atom stereocenters. The molecular weight excluding hydrogens is 603 g/mol. The van der Waals surface area contributed by atoms with Gasteiger partial charge in [0.1, 0.15) is 11.6 Å². The van der Waals surface area contributed by atoms with Crippen LogP contribution in [-0.4, -0.2) is 19.6 Å². The van der Waals surface area contributed by atoms with Gasteiger partial charge in [-0.15, -0.1) is 0 Å². The molecule has 0 fully saturated rings. The van der Waals surface area contributed by atoms with Crippen LogP contribution < -0.4 is 14.8 Å². The van der Waals surface area contributed by atoms with Crippen molar-refractivity contribution in [1.82, 2.24) is 0 Å². The summed E-state index contributed by atoms with van der Waals surface area (Å²) in [6.07, 6.45) is 1.52. The van der Waals surface area contributed by atoms with Gasteiger partial charge >= 0.3 is 0 Å². The molecule has 0 aliphatic heterocycles. The van der Waals surface area contributed by atoms with Gasteiger partial charge in [0.25, 0.3) is 5.91 Å². The first-order valence-corrected chi connectivity index (χ1v) is 10.9. The van der Waals surface area contributed by atoms with Gasteiger partial charge in [-0.3, -0.25) is 4.79 Å². The molecule has 0 aliphatic rings. The number of nitrogens with zero attached hydrogens (tertiary/aromatic N) is 1. The van der Waals surface area contributed by atoms with Gasteiger partial charge < -0.3 is 14.8 Å². The number of nitrogens with one attached hydrogen (secondary N) is 1. The number of methoxy groups -OCH3 is 1. The minimum Gasteiger partial charge on any atom is -0.492 e. The quantitative estimate of drug-likeness (QED) is 0.242. The number of rotatable bonds is 6. The van der Waals surface area contributed by atoms with Crippen LogP contribution in [-0.2, 0) is 4.79 Å². The summed E-state index contributed by atoms with van der Waals surface area (Å²) in [6, 6.07) is 9.30. The van der Waals surface area contributed by atoms with Gasteiger partial charge in [0.15, 0.2) is 11.5 Å². The van der Waals surface area contributed by atoms with Gasteiger partial charge in [0.05, 0.1) is 23.0 Å². The fourth-order valence-corrected chi connectivity index (χ4v) is 4.91. The van der Waals surface area contributed by atoms with Gasteiger partial charge in [-0.1, -0.05) is 0 Å². The van der Waals surface area contributed by atoms with Gasteiger partial charge in [-0.2, -0.15) is 5.26 Å². The molecule has 0 aliphatic carbocycles. The highest BCUT2D eigenvalue weighted by atomic mass is 127. The first kappa shape index (κ1) is 22.7. The number of halogens is 3. The van der Waals surface area contributed by atoms with Crippen LogP contribution in [0.4, 0.5) is 5.69 Å². The molecule has 0 spiro atoms. The predicted octanol–water partition coefficient (Wildman–Crippen LogP) is 6.08. The molecule has 0 heterocycles. The van der Waals surface area contributed by atoms with E-state index in [9.17, 15) is 10.1 Å². The van der Waals surface area contributed by atoms with Crippen LogP contribution in [0.3, 0.4) is 0 Å². The van der Waals surface area contributed by atoms with Crippen molar-refractivity contribution in [3.8, 4) is 17.6 Å². The summed E-state index contributed by atoms with van der Waals surface area (Å²) < 4.78 is 13.2. The van der Waals surface area contributed by atoms with Crippen LogP contribution >= 0.6 is 54.5 Å². The van der Waals surface area contributed by atoms with Crippen LogP contribution in [0, 0.1) is 21.8 Å². The Balaban J connectivity index is 2.39. The Hall–Kier alpha value is -1.57. The Morgan fingerprint density at radius 3 is 2.46 bits per heavy atom. The molecular formula is C20H17Br2IN2O3. The number of ether oxygens (including phenoxy) is 2. The van der Waals surface area contributed by atoms with E-state index in [0.717, 1.165) is 18.1 Å². The molecule has 146 valence electrons. The zero-order valence-electron chi connectivity index (χ0n) is 15.4. The van der Waals surface area contributed by atoms with Crippen molar-refractivity contribution < 1.29 is 14.3 Å². The lowest BCUT2D eigenvalue weighted by molar-refractivity contribution is -0.112. The molecule has 0 saturated heterocycles. The Morgan fingerprint density at radius 2 is 1.93 bits per heavy atom. The Bertz CT molecular complexity index is 961. The average molecular weight is 620 g/mol. The normalized spacial score (nSPS) is 11.0. The highest BCUT2D eigenvalue weighted by molar-refractivity contribution is 14.1. The maximum absolute atomic E-state index is 12.7. The second kappa shape index (κ2) is 10.3. The van der Waals surface area contributed by atoms with E-state index in [0.29, 0.717) is 29.4 Å². The number of aryl methyl sites for hydroxylation is 1. The number of carbonyl (C=O) groups excluding carboxylic acids is 1. The highest BCUT2D eigenvalue weighted by Gasteiger charge is 2.16. The molecule has 1 amide bonds. The molecule has 5 nitrogen and oxygen atoms in total. The fraction of sp³-hybridized carbons (Fsp3) is 0.200. The Labute approximate surface area is 194 Å². The van der Waals surface area contributed by atoms with Crippen LogP contribution in [0.5, 0.6) is 11.5 Å². The standard InChI is InChI=1S/C20H17Br2IN2O3/c1-4-28-17-9-12(8-16(23)19(17)27-3)7-13(10-24)20(26)25-18-14(21)5-11(2)6-15(18)22/h5-9H,4H2,1-3H3,(H,25,26)/b13-7+. The molecule has 28 heavy (non-hydrogen) atoms. The predicted molar refractivity (Wildman–Crippen MR) is 126 cm³/mol. The Morgan fingerprint density at radius 1 is 1.29 bits per heavy atom. The molecule has 2 aromatic rings. The molecule has 0 radical (unpaired) electrons. The molecule has 8 heteroatoms. The molecule has 1 N–H and O–H groups in total. The maximum atomic E-state index is 12.7. The highest BCUT2D eigenvalue weighted by Crippen LogP contribution is 2.35. The molecule has 0 bridgehead atoms. The molecule has 2 rings (SSSR count). The van der Waals surface area contributed by atoms with Crippen molar-refractivity contribution in [2.75, 3.05) is 19.0 Å². The fourth-order valence-electron chi connectivity index (χ4n) is 2.45. The number of anilines is 1. The third-order valence-electron chi connectivity index (χ3n) is 3.64. The lowest BCUT2D eigenvalue weighted by atomic mass is 10.1. The largest absolute Gasteiger partial charge is 0.492 e. The van der Waals surface area contributed by atoms with E-state index in [1.807, 2.05) is 38.1 Å². The number of nitriles is 1. The van der Waals surface area contributed by atoms with Crippen molar-refractivity contribution >= 4 is 72.1 Å². The van der Waals surface area contributed by atoms with Crippen molar-refractivity contribution in [3.63, 3.8) is 0 Å². The van der Waals surface area contributed by atoms with Crippen LogP contribution in [0.15, 0.2) is 38.8 Å². The summed E-state index contributed by atoms with van der Waals surface area (Å²) in [7, 11) is 1.57. The lowest BCUT2D eigenvalue weighted by Gasteiger charge is -2.13. The van der Waals surface area contributed by atoms with Gasteiger partial charge in [0, 0.05) is 8.95 Å². The minimum absolute atomic E-state index is 0.0252. The maximum Gasteiger partial charge on any atom is 0.266 e. The molecule has 0 aromatic heterocycles. The van der Waals surface area contributed by atoms with E-state index in [1.54, 1.807) is 13.2 Å².